The summed E-state index contributed by atoms with van der Waals surface area (Å²) >= 11 is 9.46. The Morgan fingerprint density at radius 3 is 2.37 bits per heavy atom. The van der Waals surface area contributed by atoms with E-state index in [9.17, 15) is 5.11 Å². The van der Waals surface area contributed by atoms with E-state index in [0.29, 0.717) is 5.02 Å². The molecule has 1 aliphatic carbocycles. The smallest absolute Gasteiger partial charge is 0.0661 e. The van der Waals surface area contributed by atoms with Crippen LogP contribution in [0.25, 0.3) is 0 Å². The highest BCUT2D eigenvalue weighted by Gasteiger charge is 2.29. The highest BCUT2D eigenvalue weighted by Crippen LogP contribution is 2.32. The molecule has 0 spiro atoms. The van der Waals surface area contributed by atoms with E-state index in [4.69, 9.17) is 11.6 Å². The number of aliphatic hydroxyl groups is 1. The van der Waals surface area contributed by atoms with E-state index >= 15 is 0 Å². The van der Waals surface area contributed by atoms with Crippen molar-refractivity contribution in [2.24, 2.45) is 0 Å². The molecule has 2 rings (SSSR count). The van der Waals surface area contributed by atoms with E-state index in [1.165, 1.54) is 32.1 Å². The summed E-state index contributed by atoms with van der Waals surface area (Å²) in [5.74, 6) is 0. The number of anilines is 1. The molecule has 0 amide bonds. The Hall–Kier alpha value is -0.250. The van der Waals surface area contributed by atoms with Gasteiger partial charge in [-0.3, -0.25) is 0 Å². The molecule has 19 heavy (non-hydrogen) atoms. The zero-order chi connectivity index (χ0) is 13.7. The van der Waals surface area contributed by atoms with Gasteiger partial charge in [0.2, 0.25) is 0 Å². The summed E-state index contributed by atoms with van der Waals surface area (Å²) in [5, 5.41) is 14.1. The average Bonchev–Trinajstić information content (AvgIpc) is 2.37. The SMILES string of the molecule is OCC1(Nc2ccc(Cl)c(Br)c2)CCCCCCC1. The molecule has 0 unspecified atom stereocenters. The average molecular weight is 347 g/mol. The van der Waals surface area contributed by atoms with Gasteiger partial charge in [0.25, 0.3) is 0 Å². The largest absolute Gasteiger partial charge is 0.394 e. The van der Waals surface area contributed by atoms with Crippen LogP contribution in [0.1, 0.15) is 44.9 Å². The molecule has 1 aliphatic rings. The minimum atomic E-state index is -0.173. The van der Waals surface area contributed by atoms with Crippen molar-refractivity contribution >= 4 is 33.2 Å². The third-order valence-electron chi connectivity index (χ3n) is 3.94. The third kappa shape index (κ3) is 4.11. The fraction of sp³-hybridized carbons (Fsp3) is 0.600. The van der Waals surface area contributed by atoms with Crippen molar-refractivity contribution in [3.63, 3.8) is 0 Å². The lowest BCUT2D eigenvalue weighted by Crippen LogP contribution is -2.42. The van der Waals surface area contributed by atoms with Crippen LogP contribution >= 0.6 is 27.5 Å². The Kier molecular flexibility index (Phi) is 5.55. The molecule has 1 saturated carbocycles. The number of hydrogen-bond acceptors (Lipinski definition) is 2. The molecule has 2 nitrogen and oxygen atoms in total. The molecular formula is C15H21BrClNO. The second-order valence-electron chi connectivity index (χ2n) is 5.46. The van der Waals surface area contributed by atoms with E-state index < -0.39 is 0 Å². The predicted molar refractivity (Wildman–Crippen MR) is 84.9 cm³/mol. The molecule has 0 saturated heterocycles. The summed E-state index contributed by atoms with van der Waals surface area (Å²) in [6, 6.07) is 5.84. The van der Waals surface area contributed by atoms with Crippen LogP contribution in [0, 0.1) is 0 Å². The molecule has 4 heteroatoms. The maximum absolute atomic E-state index is 9.84. The van der Waals surface area contributed by atoms with Crippen molar-refractivity contribution in [1.29, 1.82) is 0 Å². The van der Waals surface area contributed by atoms with Gasteiger partial charge in [0.15, 0.2) is 0 Å². The van der Waals surface area contributed by atoms with E-state index in [-0.39, 0.29) is 12.1 Å². The monoisotopic (exact) mass is 345 g/mol. The minimum absolute atomic E-state index is 0.173. The maximum atomic E-state index is 9.84. The highest BCUT2D eigenvalue weighted by atomic mass is 79.9. The molecule has 1 aromatic carbocycles. The molecule has 0 atom stereocenters. The predicted octanol–water partition coefficient (Wildman–Crippen LogP) is 4.99. The van der Waals surface area contributed by atoms with Crippen LogP contribution in [0.15, 0.2) is 22.7 Å². The van der Waals surface area contributed by atoms with Crippen LogP contribution in [0.2, 0.25) is 5.02 Å². The normalized spacial score (nSPS) is 19.5. The zero-order valence-electron chi connectivity index (χ0n) is 11.1. The van der Waals surface area contributed by atoms with Crippen LogP contribution in [0.3, 0.4) is 0 Å². The zero-order valence-corrected chi connectivity index (χ0v) is 13.4. The van der Waals surface area contributed by atoms with E-state index in [1.807, 2.05) is 18.2 Å². The van der Waals surface area contributed by atoms with Gasteiger partial charge in [-0.15, -0.1) is 0 Å². The van der Waals surface area contributed by atoms with E-state index in [0.717, 1.165) is 23.0 Å². The van der Waals surface area contributed by atoms with Gasteiger partial charge in [-0.05, 0) is 47.0 Å². The van der Waals surface area contributed by atoms with Gasteiger partial charge >= 0.3 is 0 Å². The fourth-order valence-electron chi connectivity index (χ4n) is 2.78. The summed E-state index contributed by atoms with van der Waals surface area (Å²) in [7, 11) is 0. The molecule has 1 aromatic rings. The van der Waals surface area contributed by atoms with E-state index in [1.54, 1.807) is 0 Å². The molecule has 0 radical (unpaired) electrons. The van der Waals surface area contributed by atoms with Crippen LogP contribution < -0.4 is 5.32 Å². The number of halogens is 2. The molecule has 2 N–H and O–H groups in total. The summed E-state index contributed by atoms with van der Waals surface area (Å²) in [6.07, 6.45) is 8.30. The summed E-state index contributed by atoms with van der Waals surface area (Å²) in [4.78, 5) is 0. The molecule has 0 heterocycles. The Balaban J connectivity index is 2.13. The van der Waals surface area contributed by atoms with Gasteiger partial charge in [-0.25, -0.2) is 0 Å². The third-order valence-corrected chi connectivity index (χ3v) is 5.16. The van der Waals surface area contributed by atoms with Gasteiger partial charge < -0.3 is 10.4 Å². The van der Waals surface area contributed by atoms with Gasteiger partial charge in [0.1, 0.15) is 0 Å². The maximum Gasteiger partial charge on any atom is 0.0661 e. The second-order valence-corrected chi connectivity index (χ2v) is 6.72. The van der Waals surface area contributed by atoms with Crippen molar-refractivity contribution in [3.8, 4) is 0 Å². The first-order chi connectivity index (χ1) is 9.15. The first kappa shape index (κ1) is 15.1. The van der Waals surface area contributed by atoms with Crippen molar-refractivity contribution in [1.82, 2.24) is 0 Å². The molecule has 0 aliphatic heterocycles. The van der Waals surface area contributed by atoms with Crippen LogP contribution in [-0.4, -0.2) is 17.3 Å². The number of nitrogens with one attached hydrogen (secondary N) is 1. The quantitative estimate of drug-likeness (QED) is 0.808. The number of rotatable bonds is 3. The van der Waals surface area contributed by atoms with Crippen molar-refractivity contribution in [2.45, 2.75) is 50.5 Å². The standard InChI is InChI=1S/C15H21BrClNO/c16-13-10-12(6-7-14(13)17)18-15(11-19)8-4-2-1-3-5-9-15/h6-7,10,18-19H,1-5,8-9,11H2. The van der Waals surface area contributed by atoms with Crippen LogP contribution in [-0.2, 0) is 0 Å². The van der Waals surface area contributed by atoms with Gasteiger partial charge in [-0.1, -0.05) is 43.7 Å². The molecule has 106 valence electrons. The lowest BCUT2D eigenvalue weighted by atomic mass is 9.84. The second kappa shape index (κ2) is 6.96. The van der Waals surface area contributed by atoms with Crippen LogP contribution in [0.5, 0.6) is 0 Å². The van der Waals surface area contributed by atoms with Crippen molar-refractivity contribution in [3.05, 3.63) is 27.7 Å². The molecular weight excluding hydrogens is 326 g/mol. The fourth-order valence-corrected chi connectivity index (χ4v) is 3.28. The first-order valence-electron chi connectivity index (χ1n) is 6.99. The lowest BCUT2D eigenvalue weighted by molar-refractivity contribution is 0.182. The number of aliphatic hydroxyl groups excluding tert-OH is 1. The molecule has 0 aromatic heterocycles. The summed E-state index contributed by atoms with van der Waals surface area (Å²) in [6.45, 7) is 0.188. The first-order valence-corrected chi connectivity index (χ1v) is 8.16. The van der Waals surface area contributed by atoms with E-state index in [2.05, 4.69) is 21.2 Å². The Labute approximate surface area is 128 Å². The molecule has 1 fully saturated rings. The topological polar surface area (TPSA) is 32.3 Å². The lowest BCUT2D eigenvalue weighted by Gasteiger charge is -2.36. The Morgan fingerprint density at radius 2 is 1.79 bits per heavy atom. The van der Waals surface area contributed by atoms with Gasteiger partial charge in [-0.2, -0.15) is 0 Å². The molecule has 0 bridgehead atoms. The summed E-state index contributed by atoms with van der Waals surface area (Å²) < 4.78 is 0.887. The minimum Gasteiger partial charge on any atom is -0.394 e. The highest BCUT2D eigenvalue weighted by molar-refractivity contribution is 9.10. The van der Waals surface area contributed by atoms with Crippen molar-refractivity contribution < 1.29 is 5.11 Å². The van der Waals surface area contributed by atoms with Gasteiger partial charge in [0, 0.05) is 10.2 Å². The number of hydrogen-bond donors (Lipinski definition) is 2. The number of benzene rings is 1. The summed E-state index contributed by atoms with van der Waals surface area (Å²) in [5.41, 5.74) is 0.846. The Morgan fingerprint density at radius 1 is 1.16 bits per heavy atom. The van der Waals surface area contributed by atoms with Gasteiger partial charge in [0.05, 0.1) is 17.2 Å². The van der Waals surface area contributed by atoms with Crippen molar-refractivity contribution in [2.75, 3.05) is 11.9 Å². The Bertz CT molecular complexity index is 417. The van der Waals surface area contributed by atoms with Crippen LogP contribution in [0.4, 0.5) is 5.69 Å².